The summed E-state index contributed by atoms with van der Waals surface area (Å²) in [6.45, 7) is 5.90. The SMILES string of the molecule is CC(=O)O[C@H](C)Cn1c(C)nc2ccccc21. The van der Waals surface area contributed by atoms with Crippen molar-refractivity contribution in [2.45, 2.75) is 33.4 Å². The number of para-hydroxylation sites is 2. The van der Waals surface area contributed by atoms with Gasteiger partial charge < -0.3 is 9.30 Å². The van der Waals surface area contributed by atoms with Crippen LogP contribution in [0.2, 0.25) is 0 Å². The Labute approximate surface area is 100 Å². The van der Waals surface area contributed by atoms with Crippen LogP contribution in [0.25, 0.3) is 11.0 Å². The lowest BCUT2D eigenvalue weighted by atomic mass is 10.3. The highest BCUT2D eigenvalue weighted by Gasteiger charge is 2.11. The molecule has 17 heavy (non-hydrogen) atoms. The van der Waals surface area contributed by atoms with E-state index in [4.69, 9.17) is 4.74 Å². The van der Waals surface area contributed by atoms with Crippen LogP contribution in [-0.4, -0.2) is 21.6 Å². The number of imidazole rings is 1. The molecule has 0 radical (unpaired) electrons. The van der Waals surface area contributed by atoms with Crippen molar-refractivity contribution >= 4 is 17.0 Å². The van der Waals surface area contributed by atoms with Gasteiger partial charge in [-0.1, -0.05) is 12.1 Å². The third kappa shape index (κ3) is 2.46. The zero-order chi connectivity index (χ0) is 12.4. The maximum atomic E-state index is 10.9. The third-order valence-electron chi connectivity index (χ3n) is 2.65. The molecule has 0 aliphatic carbocycles. The Bertz CT molecular complexity index is 545. The van der Waals surface area contributed by atoms with Gasteiger partial charge in [0, 0.05) is 6.92 Å². The van der Waals surface area contributed by atoms with Crippen molar-refractivity contribution in [3.8, 4) is 0 Å². The average molecular weight is 232 g/mol. The van der Waals surface area contributed by atoms with E-state index in [-0.39, 0.29) is 12.1 Å². The van der Waals surface area contributed by atoms with Gasteiger partial charge in [0.15, 0.2) is 0 Å². The van der Waals surface area contributed by atoms with Crippen molar-refractivity contribution in [1.29, 1.82) is 0 Å². The number of fused-ring (bicyclic) bond motifs is 1. The second-order valence-corrected chi connectivity index (χ2v) is 4.18. The zero-order valence-electron chi connectivity index (χ0n) is 10.3. The molecule has 0 fully saturated rings. The lowest BCUT2D eigenvalue weighted by molar-refractivity contribution is -0.146. The number of carbonyl (C=O) groups is 1. The molecule has 0 N–H and O–H groups in total. The molecule has 0 saturated carbocycles. The van der Waals surface area contributed by atoms with Gasteiger partial charge in [-0.05, 0) is 26.0 Å². The molecule has 0 aliphatic rings. The molecule has 0 aliphatic heterocycles. The van der Waals surface area contributed by atoms with Crippen LogP contribution in [0.5, 0.6) is 0 Å². The summed E-state index contributed by atoms with van der Waals surface area (Å²) in [5.74, 6) is 0.685. The monoisotopic (exact) mass is 232 g/mol. The summed E-state index contributed by atoms with van der Waals surface area (Å²) in [4.78, 5) is 15.4. The van der Waals surface area contributed by atoms with Crippen LogP contribution < -0.4 is 0 Å². The highest BCUT2D eigenvalue weighted by Crippen LogP contribution is 2.16. The Kier molecular flexibility index (Phi) is 3.13. The fraction of sp³-hybridized carbons (Fsp3) is 0.385. The molecular formula is C13H16N2O2. The largest absolute Gasteiger partial charge is 0.461 e. The van der Waals surface area contributed by atoms with Gasteiger partial charge in [0.1, 0.15) is 11.9 Å². The quantitative estimate of drug-likeness (QED) is 0.763. The van der Waals surface area contributed by atoms with Crippen LogP contribution >= 0.6 is 0 Å². The smallest absolute Gasteiger partial charge is 0.302 e. The lowest BCUT2D eigenvalue weighted by Gasteiger charge is -2.14. The molecule has 0 unspecified atom stereocenters. The first-order chi connectivity index (χ1) is 8.08. The summed E-state index contributed by atoms with van der Waals surface area (Å²) in [6.07, 6.45) is -0.149. The van der Waals surface area contributed by atoms with E-state index in [1.165, 1.54) is 6.92 Å². The number of hydrogen-bond donors (Lipinski definition) is 0. The Morgan fingerprint density at radius 3 is 2.88 bits per heavy atom. The number of benzene rings is 1. The molecule has 4 heteroatoms. The Morgan fingerprint density at radius 2 is 2.18 bits per heavy atom. The first kappa shape index (κ1) is 11.6. The van der Waals surface area contributed by atoms with E-state index in [9.17, 15) is 4.79 Å². The molecule has 2 rings (SSSR count). The molecule has 1 aromatic heterocycles. The van der Waals surface area contributed by atoms with Gasteiger partial charge in [0.05, 0.1) is 17.6 Å². The van der Waals surface area contributed by atoms with E-state index in [1.807, 2.05) is 38.1 Å². The molecule has 1 aromatic carbocycles. The van der Waals surface area contributed by atoms with Gasteiger partial charge in [0.2, 0.25) is 0 Å². The minimum Gasteiger partial charge on any atom is -0.461 e. The summed E-state index contributed by atoms with van der Waals surface area (Å²) in [5, 5.41) is 0. The molecule has 0 spiro atoms. The number of aryl methyl sites for hydroxylation is 1. The maximum Gasteiger partial charge on any atom is 0.302 e. The summed E-state index contributed by atoms with van der Waals surface area (Å²) in [5.41, 5.74) is 2.05. The molecule has 1 atom stereocenters. The predicted octanol–water partition coefficient (Wildman–Crippen LogP) is 2.30. The number of esters is 1. The number of hydrogen-bond acceptors (Lipinski definition) is 3. The fourth-order valence-electron chi connectivity index (χ4n) is 2.00. The van der Waals surface area contributed by atoms with Crippen LogP contribution in [0, 0.1) is 6.92 Å². The molecule has 0 bridgehead atoms. The second-order valence-electron chi connectivity index (χ2n) is 4.18. The topological polar surface area (TPSA) is 44.1 Å². The minimum atomic E-state index is -0.250. The summed E-state index contributed by atoms with van der Waals surface area (Å²) >= 11 is 0. The number of carbonyl (C=O) groups excluding carboxylic acids is 1. The highest BCUT2D eigenvalue weighted by molar-refractivity contribution is 5.75. The first-order valence-corrected chi connectivity index (χ1v) is 5.67. The van der Waals surface area contributed by atoms with Crippen molar-refractivity contribution in [2.24, 2.45) is 0 Å². The average Bonchev–Trinajstić information content (AvgIpc) is 2.55. The molecule has 2 aromatic rings. The number of nitrogens with zero attached hydrogens (tertiary/aromatic N) is 2. The van der Waals surface area contributed by atoms with Gasteiger partial charge in [0.25, 0.3) is 0 Å². The van der Waals surface area contributed by atoms with Gasteiger partial charge in [-0.25, -0.2) is 4.98 Å². The normalized spacial score (nSPS) is 12.6. The number of rotatable bonds is 3. The molecule has 4 nitrogen and oxygen atoms in total. The van der Waals surface area contributed by atoms with Gasteiger partial charge >= 0.3 is 5.97 Å². The van der Waals surface area contributed by atoms with Crippen molar-refractivity contribution < 1.29 is 9.53 Å². The first-order valence-electron chi connectivity index (χ1n) is 5.67. The van der Waals surface area contributed by atoms with Gasteiger partial charge in [-0.15, -0.1) is 0 Å². The standard InChI is InChI=1S/C13H16N2O2/c1-9(17-11(3)16)8-15-10(2)14-12-6-4-5-7-13(12)15/h4-7,9H,8H2,1-3H3/t9-/m1/s1. The predicted molar refractivity (Wildman–Crippen MR) is 65.7 cm³/mol. The van der Waals surface area contributed by atoms with Crippen LogP contribution in [-0.2, 0) is 16.1 Å². The fourth-order valence-corrected chi connectivity index (χ4v) is 2.00. The molecule has 90 valence electrons. The molecule has 1 heterocycles. The van der Waals surface area contributed by atoms with Crippen molar-refractivity contribution in [1.82, 2.24) is 9.55 Å². The third-order valence-corrected chi connectivity index (χ3v) is 2.65. The van der Waals surface area contributed by atoms with E-state index in [0.29, 0.717) is 6.54 Å². The van der Waals surface area contributed by atoms with Gasteiger partial charge in [-0.2, -0.15) is 0 Å². The molecular weight excluding hydrogens is 216 g/mol. The van der Waals surface area contributed by atoms with Crippen LogP contribution in [0.3, 0.4) is 0 Å². The minimum absolute atomic E-state index is 0.149. The maximum absolute atomic E-state index is 10.9. The van der Waals surface area contributed by atoms with Crippen molar-refractivity contribution in [3.63, 3.8) is 0 Å². The Hall–Kier alpha value is -1.84. The van der Waals surface area contributed by atoms with Crippen LogP contribution in [0.15, 0.2) is 24.3 Å². The summed E-state index contributed by atoms with van der Waals surface area (Å²) < 4.78 is 7.21. The summed E-state index contributed by atoms with van der Waals surface area (Å²) in [7, 11) is 0. The lowest BCUT2D eigenvalue weighted by Crippen LogP contribution is -2.19. The Balaban J connectivity index is 2.29. The summed E-state index contributed by atoms with van der Waals surface area (Å²) in [6, 6.07) is 7.95. The van der Waals surface area contributed by atoms with Crippen molar-refractivity contribution in [2.75, 3.05) is 0 Å². The van der Waals surface area contributed by atoms with Crippen molar-refractivity contribution in [3.05, 3.63) is 30.1 Å². The van der Waals surface area contributed by atoms with Crippen LogP contribution in [0.1, 0.15) is 19.7 Å². The zero-order valence-corrected chi connectivity index (χ0v) is 10.3. The van der Waals surface area contributed by atoms with E-state index in [1.54, 1.807) is 0 Å². The highest BCUT2D eigenvalue weighted by atomic mass is 16.5. The van der Waals surface area contributed by atoms with E-state index in [0.717, 1.165) is 16.9 Å². The molecule has 0 saturated heterocycles. The van der Waals surface area contributed by atoms with E-state index >= 15 is 0 Å². The van der Waals surface area contributed by atoms with E-state index < -0.39 is 0 Å². The van der Waals surface area contributed by atoms with Gasteiger partial charge in [-0.3, -0.25) is 4.79 Å². The molecule has 0 amide bonds. The van der Waals surface area contributed by atoms with E-state index in [2.05, 4.69) is 9.55 Å². The second kappa shape index (κ2) is 4.57. The Morgan fingerprint density at radius 1 is 1.47 bits per heavy atom. The number of aromatic nitrogens is 2. The number of ether oxygens (including phenoxy) is 1. The van der Waals surface area contributed by atoms with Crippen LogP contribution in [0.4, 0.5) is 0 Å².